The van der Waals surface area contributed by atoms with Gasteiger partial charge < -0.3 is 14.2 Å². The Morgan fingerprint density at radius 1 is 0.302 bits per heavy atom. The third kappa shape index (κ3) is 51.3. The van der Waals surface area contributed by atoms with Crippen LogP contribution >= 0.6 is 0 Å². The Morgan fingerprint density at radius 2 is 0.524 bits per heavy atom. The minimum absolute atomic E-state index is 0.0632. The Kier molecular flexibility index (Phi) is 50.1. The molecule has 0 rings (SSSR count). The molecule has 0 spiro atoms. The third-order valence-corrected chi connectivity index (χ3v) is 13.0. The lowest BCUT2D eigenvalue weighted by Gasteiger charge is -2.18. The molecule has 0 aliphatic heterocycles. The van der Waals surface area contributed by atoms with Crippen LogP contribution in [-0.2, 0) is 28.6 Å². The molecule has 0 unspecified atom stereocenters. The number of hydrogen-bond acceptors (Lipinski definition) is 6. The largest absolute Gasteiger partial charge is 0.462 e. The van der Waals surface area contributed by atoms with Crippen molar-refractivity contribution in [2.24, 2.45) is 5.92 Å². The Labute approximate surface area is 393 Å². The fourth-order valence-corrected chi connectivity index (χ4v) is 8.75. The lowest BCUT2D eigenvalue weighted by atomic mass is 10.0. The van der Waals surface area contributed by atoms with Gasteiger partial charge in [-0.2, -0.15) is 0 Å². The molecule has 0 aliphatic rings. The van der Waals surface area contributed by atoms with Crippen LogP contribution in [0.2, 0.25) is 0 Å². The molecule has 0 aromatic carbocycles. The maximum absolute atomic E-state index is 12.8. The number of esters is 3. The smallest absolute Gasteiger partial charge is 0.306 e. The van der Waals surface area contributed by atoms with E-state index in [0.717, 1.165) is 70.1 Å². The molecule has 374 valence electrons. The predicted octanol–water partition coefficient (Wildman–Crippen LogP) is 18.6. The number of carbonyl (C=O) groups excluding carboxylic acids is 3. The number of hydrogen-bond donors (Lipinski definition) is 0. The zero-order valence-corrected chi connectivity index (χ0v) is 43.0. The average molecular weight is 892 g/mol. The van der Waals surface area contributed by atoms with Crippen LogP contribution in [0.15, 0.2) is 0 Å². The van der Waals surface area contributed by atoms with E-state index in [1.165, 1.54) is 212 Å². The highest BCUT2D eigenvalue weighted by molar-refractivity contribution is 5.71. The van der Waals surface area contributed by atoms with E-state index in [4.69, 9.17) is 14.2 Å². The van der Waals surface area contributed by atoms with Crippen LogP contribution < -0.4 is 0 Å². The fraction of sp³-hybridized carbons (Fsp3) is 0.947. The van der Waals surface area contributed by atoms with Gasteiger partial charge in [0, 0.05) is 19.3 Å². The standard InChI is InChI=1S/C57H110O6/c1-5-7-9-11-12-13-14-15-16-17-18-22-25-28-31-34-37-41-45-49-56(59)62-52-54(51-61-55(58)48-44-39-10-8-6-2)63-57(60)50-46-42-38-35-32-29-26-23-20-19-21-24-27-30-33-36-40-43-47-53(3)4/h53-54H,5-52H2,1-4H3/t54-/m0/s1. The van der Waals surface area contributed by atoms with Gasteiger partial charge in [0.2, 0.25) is 0 Å². The second-order valence-electron chi connectivity index (χ2n) is 20.1. The van der Waals surface area contributed by atoms with Crippen molar-refractivity contribution in [1.29, 1.82) is 0 Å². The molecule has 0 saturated carbocycles. The minimum atomic E-state index is -0.759. The molecular formula is C57H110O6. The second kappa shape index (κ2) is 51.4. The van der Waals surface area contributed by atoms with Crippen LogP contribution in [-0.4, -0.2) is 37.2 Å². The van der Waals surface area contributed by atoms with Crippen LogP contribution in [0.4, 0.5) is 0 Å². The summed E-state index contributed by atoms with van der Waals surface area (Å²) >= 11 is 0. The van der Waals surface area contributed by atoms with Gasteiger partial charge in [0.25, 0.3) is 0 Å². The summed E-state index contributed by atoms with van der Waals surface area (Å²) in [6.45, 7) is 8.99. The highest BCUT2D eigenvalue weighted by Crippen LogP contribution is 2.18. The molecule has 0 N–H and O–H groups in total. The highest BCUT2D eigenvalue weighted by atomic mass is 16.6. The molecule has 6 nitrogen and oxygen atoms in total. The van der Waals surface area contributed by atoms with E-state index in [2.05, 4.69) is 27.7 Å². The Hall–Kier alpha value is -1.59. The molecule has 0 amide bonds. The summed E-state index contributed by atoms with van der Waals surface area (Å²) in [5, 5.41) is 0. The summed E-state index contributed by atoms with van der Waals surface area (Å²) in [5.74, 6) is 0.00475. The summed E-state index contributed by atoms with van der Waals surface area (Å²) in [6.07, 6.45) is 55.7. The molecule has 63 heavy (non-hydrogen) atoms. The molecule has 0 aromatic rings. The van der Waals surface area contributed by atoms with Gasteiger partial charge in [0.15, 0.2) is 6.10 Å². The zero-order valence-electron chi connectivity index (χ0n) is 43.0. The quantitative estimate of drug-likeness (QED) is 0.0344. The third-order valence-electron chi connectivity index (χ3n) is 13.0. The maximum atomic E-state index is 12.8. The van der Waals surface area contributed by atoms with Crippen molar-refractivity contribution in [2.75, 3.05) is 13.2 Å². The van der Waals surface area contributed by atoms with Gasteiger partial charge in [-0.15, -0.1) is 0 Å². The van der Waals surface area contributed by atoms with Crippen LogP contribution in [0.25, 0.3) is 0 Å². The summed E-state index contributed by atoms with van der Waals surface area (Å²) in [6, 6.07) is 0. The molecule has 0 bridgehead atoms. The molecule has 0 heterocycles. The Balaban J connectivity index is 4.04. The van der Waals surface area contributed by atoms with Crippen LogP contribution in [0.3, 0.4) is 0 Å². The number of ether oxygens (including phenoxy) is 3. The van der Waals surface area contributed by atoms with Gasteiger partial charge in [0.05, 0.1) is 0 Å². The van der Waals surface area contributed by atoms with Crippen molar-refractivity contribution in [2.45, 2.75) is 329 Å². The first-order valence-corrected chi connectivity index (χ1v) is 28.4. The van der Waals surface area contributed by atoms with E-state index >= 15 is 0 Å². The monoisotopic (exact) mass is 891 g/mol. The lowest BCUT2D eigenvalue weighted by Crippen LogP contribution is -2.30. The first-order chi connectivity index (χ1) is 30.9. The summed E-state index contributed by atoms with van der Waals surface area (Å²) < 4.78 is 16.7. The number of rotatable bonds is 52. The van der Waals surface area contributed by atoms with Gasteiger partial charge in [-0.25, -0.2) is 0 Å². The van der Waals surface area contributed by atoms with E-state index in [1.54, 1.807) is 0 Å². The van der Waals surface area contributed by atoms with Crippen molar-refractivity contribution < 1.29 is 28.6 Å². The molecule has 6 heteroatoms. The Morgan fingerprint density at radius 3 is 0.778 bits per heavy atom. The van der Waals surface area contributed by atoms with Crippen LogP contribution in [0.5, 0.6) is 0 Å². The van der Waals surface area contributed by atoms with Crippen molar-refractivity contribution in [3.05, 3.63) is 0 Å². The topological polar surface area (TPSA) is 78.9 Å². The molecule has 1 atom stereocenters. The van der Waals surface area contributed by atoms with Gasteiger partial charge in [-0.05, 0) is 25.2 Å². The first-order valence-electron chi connectivity index (χ1n) is 28.4. The van der Waals surface area contributed by atoms with E-state index in [-0.39, 0.29) is 31.1 Å². The fourth-order valence-electron chi connectivity index (χ4n) is 8.75. The molecule has 0 aliphatic carbocycles. The molecule has 0 aromatic heterocycles. The van der Waals surface area contributed by atoms with Gasteiger partial charge in [-0.1, -0.05) is 285 Å². The van der Waals surface area contributed by atoms with Gasteiger partial charge in [-0.3, -0.25) is 14.4 Å². The summed E-state index contributed by atoms with van der Waals surface area (Å²) in [7, 11) is 0. The molecular weight excluding hydrogens is 781 g/mol. The molecule has 0 saturated heterocycles. The van der Waals surface area contributed by atoms with Crippen LogP contribution in [0, 0.1) is 5.92 Å². The minimum Gasteiger partial charge on any atom is -0.462 e. The highest BCUT2D eigenvalue weighted by Gasteiger charge is 2.19. The van der Waals surface area contributed by atoms with E-state index in [1.807, 2.05) is 0 Å². The SMILES string of the molecule is CCCCCCCCCCCCCCCCCCCCCC(=O)OC[C@H](COC(=O)CCCCCCC)OC(=O)CCCCCCCCCCCCCCCCCCCCC(C)C. The molecule has 0 fully saturated rings. The maximum Gasteiger partial charge on any atom is 0.306 e. The van der Waals surface area contributed by atoms with E-state index in [0.29, 0.717) is 19.3 Å². The van der Waals surface area contributed by atoms with Gasteiger partial charge in [0.1, 0.15) is 13.2 Å². The predicted molar refractivity (Wildman–Crippen MR) is 270 cm³/mol. The van der Waals surface area contributed by atoms with Crippen molar-refractivity contribution >= 4 is 17.9 Å². The van der Waals surface area contributed by atoms with Crippen molar-refractivity contribution in [3.63, 3.8) is 0 Å². The normalized spacial score (nSPS) is 12.0. The first kappa shape index (κ1) is 61.4. The van der Waals surface area contributed by atoms with Crippen LogP contribution in [0.1, 0.15) is 323 Å². The summed E-state index contributed by atoms with van der Waals surface area (Å²) in [4.78, 5) is 37.8. The lowest BCUT2D eigenvalue weighted by molar-refractivity contribution is -0.167. The van der Waals surface area contributed by atoms with Crippen molar-refractivity contribution in [1.82, 2.24) is 0 Å². The zero-order chi connectivity index (χ0) is 45.9. The average Bonchev–Trinajstić information content (AvgIpc) is 3.27. The second-order valence-corrected chi connectivity index (χ2v) is 20.1. The van der Waals surface area contributed by atoms with Gasteiger partial charge >= 0.3 is 17.9 Å². The Bertz CT molecular complexity index is 949. The number of carbonyl (C=O) groups is 3. The van der Waals surface area contributed by atoms with Crippen molar-refractivity contribution in [3.8, 4) is 0 Å². The molecule has 0 radical (unpaired) electrons. The van der Waals surface area contributed by atoms with E-state index in [9.17, 15) is 14.4 Å². The van der Waals surface area contributed by atoms with E-state index < -0.39 is 6.10 Å². The number of unbranched alkanes of at least 4 members (excludes halogenated alkanes) is 39. The summed E-state index contributed by atoms with van der Waals surface area (Å²) in [5.41, 5.74) is 0.